The Balaban J connectivity index is 1.48. The molecule has 0 aliphatic carbocycles. The van der Waals surface area contributed by atoms with E-state index in [4.69, 9.17) is 14.7 Å². The maximum absolute atomic E-state index is 11.4. The number of nitrogens with two attached hydrogens (primary N) is 1. The minimum Gasteiger partial charge on any atom is -0.454 e. The Hall–Kier alpha value is -4.28. The molecule has 0 unspecified atom stereocenters. The van der Waals surface area contributed by atoms with Gasteiger partial charge < -0.3 is 4.42 Å². The van der Waals surface area contributed by atoms with E-state index in [2.05, 4.69) is 15.5 Å². The fraction of sp³-hybridized carbons (Fsp3) is 0. The Morgan fingerprint density at radius 3 is 2.55 bits per heavy atom. The van der Waals surface area contributed by atoms with Crippen molar-refractivity contribution in [2.45, 2.75) is 4.90 Å². The third-order valence-electron chi connectivity index (χ3n) is 4.87. The molecule has 9 nitrogen and oxygen atoms in total. The van der Waals surface area contributed by atoms with Crippen LogP contribution in [0.15, 0.2) is 99.6 Å². The van der Waals surface area contributed by atoms with Gasteiger partial charge in [-0.1, -0.05) is 36.4 Å². The molecule has 0 fully saturated rings. The number of anilines is 1. The van der Waals surface area contributed by atoms with E-state index < -0.39 is 10.0 Å². The first-order valence-corrected chi connectivity index (χ1v) is 11.4. The predicted octanol–water partition coefficient (Wildman–Crippen LogP) is 3.77. The molecule has 10 heteroatoms. The highest BCUT2D eigenvalue weighted by Crippen LogP contribution is 2.29. The molecule has 0 aliphatic heterocycles. The maximum atomic E-state index is 11.4. The molecule has 5 aromatic rings. The summed E-state index contributed by atoms with van der Waals surface area (Å²) in [4.78, 5) is 3.94. The second-order valence-electron chi connectivity index (χ2n) is 7.16. The number of aromatic nitrogens is 3. The highest BCUT2D eigenvalue weighted by Gasteiger charge is 2.15. The molecule has 0 bridgehead atoms. The molecule has 3 N–H and O–H groups in total. The van der Waals surface area contributed by atoms with Crippen LogP contribution in [0, 0.1) is 0 Å². The van der Waals surface area contributed by atoms with Gasteiger partial charge in [0.05, 0.1) is 11.9 Å². The number of benzene rings is 2. The number of sulfonamides is 1. The fourth-order valence-electron chi connectivity index (χ4n) is 3.27. The first kappa shape index (κ1) is 20.6. The highest BCUT2D eigenvalue weighted by atomic mass is 32.2. The first-order chi connectivity index (χ1) is 16.0. The zero-order chi connectivity index (χ0) is 22.8. The summed E-state index contributed by atoms with van der Waals surface area (Å²) in [6, 6.07) is 22.2. The lowest BCUT2D eigenvalue weighted by atomic mass is 10.2. The van der Waals surface area contributed by atoms with Crippen molar-refractivity contribution in [2.24, 2.45) is 10.2 Å². The molecule has 0 saturated heterocycles. The number of hydrogen-bond donors (Lipinski definition) is 2. The van der Waals surface area contributed by atoms with E-state index in [9.17, 15) is 8.42 Å². The van der Waals surface area contributed by atoms with Crippen LogP contribution in [0.4, 0.5) is 5.82 Å². The standard InChI is InChI=1S/C23H18N6O3S/c24-33(30,31)19-10-11-22(25-14-19)27-26-13-17-15-29(18-7-2-1-3-8-18)28-23(17)21-12-16-6-4-5-9-20(16)32-21/h1-15H,(H,25,27)(H2,24,30,31)/b26-13+. The van der Waals surface area contributed by atoms with Crippen LogP contribution in [0.2, 0.25) is 0 Å². The molecule has 3 aromatic heterocycles. The van der Waals surface area contributed by atoms with Gasteiger partial charge in [0, 0.05) is 23.3 Å². The molecular formula is C23H18N6O3S. The lowest BCUT2D eigenvalue weighted by Gasteiger charge is -2.00. The number of nitrogens with one attached hydrogen (secondary N) is 1. The van der Waals surface area contributed by atoms with Crippen molar-refractivity contribution in [1.82, 2.24) is 14.8 Å². The monoisotopic (exact) mass is 458 g/mol. The molecule has 0 amide bonds. The lowest BCUT2D eigenvalue weighted by Crippen LogP contribution is -2.12. The van der Waals surface area contributed by atoms with Gasteiger partial charge in [0.25, 0.3) is 0 Å². The quantitative estimate of drug-likeness (QED) is 0.294. The number of hydrogen-bond acceptors (Lipinski definition) is 7. The van der Waals surface area contributed by atoms with Crippen LogP contribution >= 0.6 is 0 Å². The minimum absolute atomic E-state index is 0.0756. The summed E-state index contributed by atoms with van der Waals surface area (Å²) in [5.74, 6) is 0.974. The van der Waals surface area contributed by atoms with Gasteiger partial charge in [-0.05, 0) is 36.4 Å². The Morgan fingerprint density at radius 2 is 1.82 bits per heavy atom. The van der Waals surface area contributed by atoms with Crippen LogP contribution in [-0.4, -0.2) is 29.4 Å². The summed E-state index contributed by atoms with van der Waals surface area (Å²) in [6.07, 6.45) is 4.62. The number of fused-ring (bicyclic) bond motifs is 1. The average molecular weight is 459 g/mol. The van der Waals surface area contributed by atoms with Gasteiger partial charge in [-0.3, -0.25) is 5.43 Å². The Bertz CT molecular complexity index is 1520. The number of pyridine rings is 1. The molecule has 0 radical (unpaired) electrons. The number of primary sulfonamides is 1. The van der Waals surface area contributed by atoms with Crippen LogP contribution < -0.4 is 10.6 Å². The van der Waals surface area contributed by atoms with Crippen molar-refractivity contribution in [1.29, 1.82) is 0 Å². The number of para-hydroxylation sites is 2. The highest BCUT2D eigenvalue weighted by molar-refractivity contribution is 7.89. The Kier molecular flexibility index (Phi) is 5.21. The predicted molar refractivity (Wildman–Crippen MR) is 126 cm³/mol. The average Bonchev–Trinajstić information content (AvgIpc) is 3.44. The van der Waals surface area contributed by atoms with Crippen molar-refractivity contribution < 1.29 is 12.8 Å². The van der Waals surface area contributed by atoms with Gasteiger partial charge in [-0.25, -0.2) is 23.2 Å². The van der Waals surface area contributed by atoms with Gasteiger partial charge in [0.15, 0.2) is 5.76 Å². The SMILES string of the molecule is NS(=O)(=O)c1ccc(N/N=C/c2cn(-c3ccccc3)nc2-c2cc3ccccc3o2)nc1. The maximum Gasteiger partial charge on any atom is 0.239 e. The Morgan fingerprint density at radius 1 is 1.03 bits per heavy atom. The molecule has 164 valence electrons. The lowest BCUT2D eigenvalue weighted by molar-refractivity contribution is 0.597. The van der Waals surface area contributed by atoms with E-state index >= 15 is 0 Å². The molecular weight excluding hydrogens is 440 g/mol. The van der Waals surface area contributed by atoms with Gasteiger partial charge in [0.2, 0.25) is 10.0 Å². The van der Waals surface area contributed by atoms with E-state index in [0.717, 1.165) is 16.7 Å². The topological polar surface area (TPSA) is 128 Å². The molecule has 0 saturated carbocycles. The van der Waals surface area contributed by atoms with E-state index in [-0.39, 0.29) is 4.90 Å². The normalized spacial score (nSPS) is 11.9. The third-order valence-corrected chi connectivity index (χ3v) is 5.77. The largest absolute Gasteiger partial charge is 0.454 e. The third kappa shape index (κ3) is 4.38. The van der Waals surface area contributed by atoms with Crippen LogP contribution in [0.5, 0.6) is 0 Å². The minimum atomic E-state index is -3.80. The zero-order valence-corrected chi connectivity index (χ0v) is 18.0. The van der Waals surface area contributed by atoms with Crippen molar-refractivity contribution in [3.63, 3.8) is 0 Å². The zero-order valence-electron chi connectivity index (χ0n) is 17.2. The summed E-state index contributed by atoms with van der Waals surface area (Å²) < 4.78 is 30.5. The molecule has 33 heavy (non-hydrogen) atoms. The van der Waals surface area contributed by atoms with Crippen LogP contribution in [0.25, 0.3) is 28.1 Å². The summed E-state index contributed by atoms with van der Waals surface area (Å²) in [7, 11) is -3.80. The summed E-state index contributed by atoms with van der Waals surface area (Å²) in [5.41, 5.74) is 5.78. The smallest absolute Gasteiger partial charge is 0.239 e. The van der Waals surface area contributed by atoms with Gasteiger partial charge in [-0.2, -0.15) is 10.2 Å². The van der Waals surface area contributed by atoms with Crippen molar-refractivity contribution in [3.05, 3.63) is 90.8 Å². The van der Waals surface area contributed by atoms with Gasteiger partial charge in [0.1, 0.15) is 22.0 Å². The van der Waals surface area contributed by atoms with Crippen molar-refractivity contribution in [2.75, 3.05) is 5.43 Å². The molecule has 0 atom stereocenters. The molecule has 3 heterocycles. The van der Waals surface area contributed by atoms with Gasteiger partial charge in [-0.15, -0.1) is 0 Å². The van der Waals surface area contributed by atoms with Crippen LogP contribution in [-0.2, 0) is 10.0 Å². The molecule has 2 aromatic carbocycles. The molecule has 5 rings (SSSR count). The van der Waals surface area contributed by atoms with E-state index in [1.54, 1.807) is 10.9 Å². The Labute approximate surface area is 189 Å². The van der Waals surface area contributed by atoms with Crippen LogP contribution in [0.3, 0.4) is 0 Å². The van der Waals surface area contributed by atoms with Crippen molar-refractivity contribution >= 4 is 33.0 Å². The molecule has 0 spiro atoms. The summed E-state index contributed by atoms with van der Waals surface area (Å²) in [6.45, 7) is 0. The first-order valence-electron chi connectivity index (χ1n) is 9.89. The van der Waals surface area contributed by atoms with E-state index in [1.165, 1.54) is 18.3 Å². The van der Waals surface area contributed by atoms with Crippen molar-refractivity contribution in [3.8, 4) is 17.1 Å². The fourth-order valence-corrected chi connectivity index (χ4v) is 3.72. The number of rotatable bonds is 6. The summed E-state index contributed by atoms with van der Waals surface area (Å²) in [5, 5.41) is 15.0. The summed E-state index contributed by atoms with van der Waals surface area (Å²) >= 11 is 0. The number of furan rings is 1. The van der Waals surface area contributed by atoms with Gasteiger partial charge >= 0.3 is 0 Å². The number of nitrogens with zero attached hydrogens (tertiary/aromatic N) is 4. The van der Waals surface area contributed by atoms with Crippen LogP contribution in [0.1, 0.15) is 5.56 Å². The molecule has 0 aliphatic rings. The number of hydrazone groups is 1. The second-order valence-corrected chi connectivity index (χ2v) is 8.72. The van der Waals surface area contributed by atoms with E-state index in [0.29, 0.717) is 22.8 Å². The second kappa shape index (κ2) is 8.34. The van der Waals surface area contributed by atoms with E-state index in [1.807, 2.05) is 66.9 Å².